The number of rotatable bonds is 9. The van der Waals surface area contributed by atoms with Crippen LogP contribution < -0.4 is 10.6 Å². The van der Waals surface area contributed by atoms with Crippen molar-refractivity contribution in [3.05, 3.63) is 29.8 Å². The number of hydrogen-bond acceptors (Lipinski definition) is 3. The largest absolute Gasteiger partial charge is 0.396 e. The third kappa shape index (κ3) is 6.74. The number of hydrogen-bond donors (Lipinski definition) is 3. The lowest BCUT2D eigenvalue weighted by Crippen LogP contribution is -2.40. The van der Waals surface area contributed by atoms with E-state index in [2.05, 4.69) is 17.6 Å². The fraction of sp³-hybridized carbons (Fsp3) is 0.588. The van der Waals surface area contributed by atoms with E-state index in [1.165, 1.54) is 5.56 Å². The van der Waals surface area contributed by atoms with Crippen LogP contribution in [0, 0.1) is 12.8 Å². The second kappa shape index (κ2) is 9.53. The number of carbonyl (C=O) groups excluding carboxylic acids is 1. The van der Waals surface area contributed by atoms with Crippen LogP contribution >= 0.6 is 0 Å². The smallest absolute Gasteiger partial charge is 0.241 e. The van der Waals surface area contributed by atoms with Crippen molar-refractivity contribution in [2.45, 2.75) is 46.1 Å². The molecule has 0 radical (unpaired) electrons. The van der Waals surface area contributed by atoms with Gasteiger partial charge in [-0.15, -0.1) is 0 Å². The summed E-state index contributed by atoms with van der Waals surface area (Å²) in [5.41, 5.74) is 1.99. The zero-order valence-corrected chi connectivity index (χ0v) is 13.4. The summed E-state index contributed by atoms with van der Waals surface area (Å²) in [6.07, 6.45) is 2.95. The number of aliphatic hydroxyl groups is 1. The first kappa shape index (κ1) is 17.7. The van der Waals surface area contributed by atoms with E-state index in [1.807, 2.05) is 38.1 Å². The van der Waals surface area contributed by atoms with Crippen molar-refractivity contribution in [3.8, 4) is 0 Å². The highest BCUT2D eigenvalue weighted by Crippen LogP contribution is 2.11. The van der Waals surface area contributed by atoms with Crippen LogP contribution in [0.1, 0.15) is 38.7 Å². The summed E-state index contributed by atoms with van der Waals surface area (Å²) in [6, 6.07) is 7.53. The zero-order chi connectivity index (χ0) is 15.7. The highest BCUT2D eigenvalue weighted by molar-refractivity contribution is 5.94. The van der Waals surface area contributed by atoms with Crippen LogP contribution in [0.5, 0.6) is 0 Å². The summed E-state index contributed by atoms with van der Waals surface area (Å²) < 4.78 is 0. The molecule has 3 N–H and O–H groups in total. The Hall–Kier alpha value is -1.39. The van der Waals surface area contributed by atoms with Crippen LogP contribution in [0.4, 0.5) is 5.69 Å². The highest BCUT2D eigenvalue weighted by Gasteiger charge is 2.15. The number of anilines is 1. The fourth-order valence-electron chi connectivity index (χ4n) is 2.26. The minimum atomic E-state index is -0.246. The molecule has 1 aromatic carbocycles. The molecule has 2 unspecified atom stereocenters. The Morgan fingerprint density at radius 1 is 1.24 bits per heavy atom. The van der Waals surface area contributed by atoms with Crippen LogP contribution in [0.25, 0.3) is 0 Å². The van der Waals surface area contributed by atoms with Gasteiger partial charge in [-0.2, -0.15) is 0 Å². The molecule has 0 spiro atoms. The van der Waals surface area contributed by atoms with Crippen LogP contribution in [0.2, 0.25) is 0 Å². The molecule has 118 valence electrons. The maximum absolute atomic E-state index is 12.1. The summed E-state index contributed by atoms with van der Waals surface area (Å²) in [7, 11) is 0. The highest BCUT2D eigenvalue weighted by atomic mass is 16.3. The molecule has 0 aromatic heterocycles. The van der Waals surface area contributed by atoms with Gasteiger partial charge < -0.3 is 15.7 Å². The average molecular weight is 292 g/mol. The number of carbonyl (C=O) groups is 1. The molecule has 1 amide bonds. The second-order valence-corrected chi connectivity index (χ2v) is 5.65. The van der Waals surface area contributed by atoms with Gasteiger partial charge in [-0.25, -0.2) is 0 Å². The molecule has 0 saturated carbocycles. The van der Waals surface area contributed by atoms with Gasteiger partial charge in [0.15, 0.2) is 0 Å². The molecule has 0 heterocycles. The maximum Gasteiger partial charge on any atom is 0.241 e. The van der Waals surface area contributed by atoms with Crippen molar-refractivity contribution in [2.75, 3.05) is 18.5 Å². The fourth-order valence-corrected chi connectivity index (χ4v) is 2.26. The Kier molecular flexibility index (Phi) is 8.01. The van der Waals surface area contributed by atoms with Gasteiger partial charge in [-0.1, -0.05) is 31.0 Å². The summed E-state index contributed by atoms with van der Waals surface area (Å²) in [6.45, 7) is 6.99. The lowest BCUT2D eigenvalue weighted by atomic mass is 10.00. The van der Waals surface area contributed by atoms with Crippen LogP contribution in [0.3, 0.4) is 0 Å². The topological polar surface area (TPSA) is 61.4 Å². The van der Waals surface area contributed by atoms with Crippen LogP contribution in [-0.2, 0) is 4.79 Å². The molecular formula is C17H28N2O2. The van der Waals surface area contributed by atoms with Gasteiger partial charge in [-0.3, -0.25) is 4.79 Å². The maximum atomic E-state index is 12.1. The average Bonchev–Trinajstić information content (AvgIpc) is 2.47. The molecule has 0 aliphatic rings. The molecule has 0 aliphatic carbocycles. The lowest BCUT2D eigenvalue weighted by Gasteiger charge is -2.19. The summed E-state index contributed by atoms with van der Waals surface area (Å²) >= 11 is 0. The van der Waals surface area contributed by atoms with Gasteiger partial charge in [0.2, 0.25) is 5.91 Å². The van der Waals surface area contributed by atoms with Crippen LogP contribution in [0.15, 0.2) is 24.3 Å². The minimum absolute atomic E-state index is 0.0295. The number of amides is 1. The first-order valence-corrected chi connectivity index (χ1v) is 7.78. The van der Waals surface area contributed by atoms with Crippen molar-refractivity contribution >= 4 is 11.6 Å². The van der Waals surface area contributed by atoms with E-state index in [4.69, 9.17) is 5.11 Å². The Bertz CT molecular complexity index is 411. The molecule has 2 atom stereocenters. The van der Waals surface area contributed by atoms with Crippen molar-refractivity contribution in [1.82, 2.24) is 5.32 Å². The SMILES string of the molecule is CCCC(CCO)CNC(C)C(=O)Nc1ccc(C)cc1. The molecule has 0 aliphatic heterocycles. The number of benzene rings is 1. The van der Waals surface area contributed by atoms with Crippen molar-refractivity contribution in [1.29, 1.82) is 0 Å². The summed E-state index contributed by atoms with van der Waals surface area (Å²) in [4.78, 5) is 12.1. The molecular weight excluding hydrogens is 264 g/mol. The van der Waals surface area contributed by atoms with Gasteiger partial charge in [0.25, 0.3) is 0 Å². The van der Waals surface area contributed by atoms with Gasteiger partial charge in [-0.05, 0) is 51.3 Å². The van der Waals surface area contributed by atoms with E-state index in [1.54, 1.807) is 0 Å². The van der Waals surface area contributed by atoms with E-state index in [-0.39, 0.29) is 18.6 Å². The minimum Gasteiger partial charge on any atom is -0.396 e. The predicted octanol–water partition coefficient (Wildman–Crippen LogP) is 2.71. The number of nitrogens with one attached hydrogen (secondary N) is 2. The quantitative estimate of drug-likeness (QED) is 0.656. The molecule has 4 nitrogen and oxygen atoms in total. The normalized spacial score (nSPS) is 13.7. The molecule has 0 fully saturated rings. The molecule has 1 aromatic rings. The van der Waals surface area contributed by atoms with E-state index in [0.717, 1.165) is 31.5 Å². The monoisotopic (exact) mass is 292 g/mol. The third-order valence-corrected chi connectivity index (χ3v) is 3.66. The van der Waals surface area contributed by atoms with Gasteiger partial charge in [0.1, 0.15) is 0 Å². The standard InChI is InChI=1S/C17H28N2O2/c1-4-5-15(10-11-20)12-18-14(3)17(21)19-16-8-6-13(2)7-9-16/h6-9,14-15,18,20H,4-5,10-12H2,1-3H3,(H,19,21). The van der Waals surface area contributed by atoms with Crippen molar-refractivity contribution < 1.29 is 9.90 Å². The van der Waals surface area contributed by atoms with Crippen molar-refractivity contribution in [2.24, 2.45) is 5.92 Å². The molecule has 4 heteroatoms. The van der Waals surface area contributed by atoms with E-state index < -0.39 is 0 Å². The third-order valence-electron chi connectivity index (χ3n) is 3.66. The van der Waals surface area contributed by atoms with E-state index in [0.29, 0.717) is 5.92 Å². The molecule has 0 saturated heterocycles. The first-order valence-electron chi connectivity index (χ1n) is 7.78. The molecule has 0 bridgehead atoms. The predicted molar refractivity (Wildman–Crippen MR) is 87.4 cm³/mol. The second-order valence-electron chi connectivity index (χ2n) is 5.65. The molecule has 21 heavy (non-hydrogen) atoms. The van der Waals surface area contributed by atoms with E-state index >= 15 is 0 Å². The first-order chi connectivity index (χ1) is 10.1. The van der Waals surface area contributed by atoms with Crippen LogP contribution in [-0.4, -0.2) is 30.2 Å². The Balaban J connectivity index is 2.41. The Morgan fingerprint density at radius 3 is 2.48 bits per heavy atom. The van der Waals surface area contributed by atoms with Gasteiger partial charge in [0.05, 0.1) is 6.04 Å². The molecule has 1 rings (SSSR count). The van der Waals surface area contributed by atoms with Gasteiger partial charge in [0, 0.05) is 12.3 Å². The summed E-state index contributed by atoms with van der Waals surface area (Å²) in [5.74, 6) is 0.396. The van der Waals surface area contributed by atoms with E-state index in [9.17, 15) is 4.79 Å². The number of aryl methyl sites for hydroxylation is 1. The van der Waals surface area contributed by atoms with Gasteiger partial charge >= 0.3 is 0 Å². The number of aliphatic hydroxyl groups excluding tert-OH is 1. The lowest BCUT2D eigenvalue weighted by molar-refractivity contribution is -0.117. The summed E-state index contributed by atoms with van der Waals surface area (Å²) in [5, 5.41) is 15.2. The Morgan fingerprint density at radius 2 is 1.90 bits per heavy atom. The zero-order valence-electron chi connectivity index (χ0n) is 13.4. The van der Waals surface area contributed by atoms with Crippen molar-refractivity contribution in [3.63, 3.8) is 0 Å². The Labute approximate surface area is 128 Å².